The summed E-state index contributed by atoms with van der Waals surface area (Å²) in [6.45, 7) is 8.91. The lowest BCUT2D eigenvalue weighted by molar-refractivity contribution is -0.127. The number of hydrogen-bond acceptors (Lipinski definition) is 2. The van der Waals surface area contributed by atoms with Crippen LogP contribution in [0.5, 0.6) is 0 Å². The van der Waals surface area contributed by atoms with Gasteiger partial charge < -0.3 is 5.32 Å². The Kier molecular flexibility index (Phi) is 5.55. The van der Waals surface area contributed by atoms with Gasteiger partial charge in [-0.15, -0.1) is 0 Å². The van der Waals surface area contributed by atoms with E-state index >= 15 is 0 Å². The summed E-state index contributed by atoms with van der Waals surface area (Å²) < 4.78 is 0. The highest BCUT2D eigenvalue weighted by Gasteiger charge is 2.24. The minimum atomic E-state index is -0.140. The van der Waals surface area contributed by atoms with Gasteiger partial charge >= 0.3 is 0 Å². The molecule has 0 saturated carbocycles. The van der Waals surface area contributed by atoms with Gasteiger partial charge in [0.1, 0.15) is 0 Å². The van der Waals surface area contributed by atoms with E-state index in [1.807, 2.05) is 32.2 Å². The lowest BCUT2D eigenvalue weighted by Gasteiger charge is -2.30. The van der Waals surface area contributed by atoms with Crippen molar-refractivity contribution in [2.24, 2.45) is 0 Å². The molecule has 1 amide bonds. The van der Waals surface area contributed by atoms with Crippen molar-refractivity contribution in [2.45, 2.75) is 52.2 Å². The molecule has 3 nitrogen and oxygen atoms in total. The quantitative estimate of drug-likeness (QED) is 0.855. The Morgan fingerprint density at radius 2 is 1.89 bits per heavy atom. The number of likely N-dealkylation sites (N-methyl/N-ethyl adjacent to an activating group) is 1. The molecule has 0 radical (unpaired) electrons. The van der Waals surface area contributed by atoms with E-state index in [1.165, 1.54) is 5.56 Å². The molecule has 0 bridgehead atoms. The van der Waals surface area contributed by atoms with Crippen LogP contribution in [0.15, 0.2) is 30.3 Å². The van der Waals surface area contributed by atoms with E-state index in [1.54, 1.807) is 0 Å². The summed E-state index contributed by atoms with van der Waals surface area (Å²) in [5.74, 6) is 0.0882. The van der Waals surface area contributed by atoms with E-state index < -0.39 is 0 Å². The molecule has 1 rings (SSSR count). The first-order valence-electron chi connectivity index (χ1n) is 6.92. The van der Waals surface area contributed by atoms with Gasteiger partial charge in [-0.25, -0.2) is 0 Å². The second-order valence-electron chi connectivity index (χ2n) is 5.80. The second kappa shape index (κ2) is 6.71. The van der Waals surface area contributed by atoms with Crippen LogP contribution in [0.3, 0.4) is 0 Å². The predicted octanol–water partition coefficient (Wildman–Crippen LogP) is 2.81. The number of benzene rings is 1. The third-order valence-electron chi connectivity index (χ3n) is 3.66. The molecule has 0 saturated heterocycles. The van der Waals surface area contributed by atoms with Crippen LogP contribution in [-0.2, 0) is 11.3 Å². The maximum Gasteiger partial charge on any atom is 0.237 e. The Morgan fingerprint density at radius 1 is 1.32 bits per heavy atom. The molecule has 1 atom stereocenters. The van der Waals surface area contributed by atoms with Crippen LogP contribution in [-0.4, -0.2) is 29.4 Å². The molecule has 106 valence electrons. The molecule has 0 aliphatic rings. The van der Waals surface area contributed by atoms with E-state index in [9.17, 15) is 4.79 Å². The summed E-state index contributed by atoms with van der Waals surface area (Å²) in [5.41, 5.74) is 1.08. The fourth-order valence-electron chi connectivity index (χ4n) is 1.73. The van der Waals surface area contributed by atoms with Crippen molar-refractivity contribution >= 4 is 5.91 Å². The molecule has 1 unspecified atom stereocenters. The highest BCUT2D eigenvalue weighted by Crippen LogP contribution is 2.10. The molecule has 0 heterocycles. The Morgan fingerprint density at radius 3 is 2.42 bits per heavy atom. The molecule has 3 heteroatoms. The van der Waals surface area contributed by atoms with Crippen LogP contribution in [0.25, 0.3) is 0 Å². The molecule has 1 N–H and O–H groups in total. The third-order valence-corrected chi connectivity index (χ3v) is 3.66. The highest BCUT2D eigenvalue weighted by atomic mass is 16.2. The molecule has 0 spiro atoms. The van der Waals surface area contributed by atoms with E-state index in [2.05, 4.69) is 43.1 Å². The van der Waals surface area contributed by atoms with E-state index in [-0.39, 0.29) is 17.5 Å². The summed E-state index contributed by atoms with van der Waals surface area (Å²) >= 11 is 0. The summed E-state index contributed by atoms with van der Waals surface area (Å²) in [6.07, 6.45) is 0.924. The van der Waals surface area contributed by atoms with Crippen molar-refractivity contribution in [3.63, 3.8) is 0 Å². The zero-order chi connectivity index (χ0) is 14.5. The van der Waals surface area contributed by atoms with Crippen molar-refractivity contribution in [1.29, 1.82) is 0 Å². The van der Waals surface area contributed by atoms with Gasteiger partial charge in [-0.05, 0) is 39.8 Å². The van der Waals surface area contributed by atoms with Gasteiger partial charge in [-0.2, -0.15) is 0 Å². The summed E-state index contributed by atoms with van der Waals surface area (Å²) in [4.78, 5) is 14.3. The van der Waals surface area contributed by atoms with Gasteiger partial charge in [0, 0.05) is 12.1 Å². The van der Waals surface area contributed by atoms with Crippen molar-refractivity contribution < 1.29 is 4.79 Å². The zero-order valence-electron chi connectivity index (χ0n) is 12.7. The average Bonchev–Trinajstić information content (AvgIpc) is 2.38. The number of hydrogen-bond donors (Lipinski definition) is 1. The molecule has 0 aliphatic carbocycles. The Labute approximate surface area is 117 Å². The molecule has 0 fully saturated rings. The fraction of sp³-hybridized carbons (Fsp3) is 0.562. The van der Waals surface area contributed by atoms with Crippen molar-refractivity contribution in [1.82, 2.24) is 10.2 Å². The maximum atomic E-state index is 12.2. The second-order valence-corrected chi connectivity index (χ2v) is 5.80. The third kappa shape index (κ3) is 5.03. The number of carbonyl (C=O) groups excluding carboxylic acids is 1. The van der Waals surface area contributed by atoms with Crippen LogP contribution in [0, 0.1) is 0 Å². The van der Waals surface area contributed by atoms with E-state index in [0.29, 0.717) is 0 Å². The Bertz CT molecular complexity index is 400. The van der Waals surface area contributed by atoms with Gasteiger partial charge in [0.25, 0.3) is 0 Å². The zero-order valence-corrected chi connectivity index (χ0v) is 12.7. The normalized spacial score (nSPS) is 13.4. The van der Waals surface area contributed by atoms with Crippen LogP contribution in [0.2, 0.25) is 0 Å². The molecule has 0 aromatic heterocycles. The number of nitrogens with zero attached hydrogens (tertiary/aromatic N) is 1. The topological polar surface area (TPSA) is 32.3 Å². The largest absolute Gasteiger partial charge is 0.350 e. The van der Waals surface area contributed by atoms with E-state index in [4.69, 9.17) is 0 Å². The van der Waals surface area contributed by atoms with Gasteiger partial charge in [0.15, 0.2) is 0 Å². The van der Waals surface area contributed by atoms with Gasteiger partial charge in [0.2, 0.25) is 5.91 Å². The molecular weight excluding hydrogens is 236 g/mol. The first-order valence-corrected chi connectivity index (χ1v) is 6.92. The molecule has 19 heavy (non-hydrogen) atoms. The van der Waals surface area contributed by atoms with Gasteiger partial charge in [-0.3, -0.25) is 9.69 Å². The minimum Gasteiger partial charge on any atom is -0.350 e. The van der Waals surface area contributed by atoms with Crippen molar-refractivity contribution in [2.75, 3.05) is 7.05 Å². The number of nitrogens with one attached hydrogen (secondary N) is 1. The van der Waals surface area contributed by atoms with Crippen LogP contribution in [0.4, 0.5) is 0 Å². The Balaban J connectivity index is 2.57. The van der Waals surface area contributed by atoms with E-state index in [0.717, 1.165) is 13.0 Å². The SMILES string of the molecule is CCC(C)(C)NC(=O)C(C)N(C)Cc1ccccc1. The van der Waals surface area contributed by atoms with Crippen molar-refractivity contribution in [3.05, 3.63) is 35.9 Å². The van der Waals surface area contributed by atoms with Gasteiger partial charge in [0.05, 0.1) is 6.04 Å². The maximum absolute atomic E-state index is 12.2. The smallest absolute Gasteiger partial charge is 0.237 e. The summed E-state index contributed by atoms with van der Waals surface area (Å²) in [7, 11) is 1.98. The average molecular weight is 262 g/mol. The number of carbonyl (C=O) groups is 1. The monoisotopic (exact) mass is 262 g/mol. The highest BCUT2D eigenvalue weighted by molar-refractivity contribution is 5.81. The lowest BCUT2D eigenvalue weighted by Crippen LogP contribution is -2.50. The molecule has 0 aliphatic heterocycles. The van der Waals surface area contributed by atoms with Crippen LogP contribution in [0.1, 0.15) is 39.7 Å². The number of amides is 1. The van der Waals surface area contributed by atoms with Gasteiger partial charge in [-0.1, -0.05) is 37.3 Å². The lowest BCUT2D eigenvalue weighted by atomic mass is 10.0. The molecule has 1 aromatic carbocycles. The Hall–Kier alpha value is -1.35. The van der Waals surface area contributed by atoms with Crippen LogP contribution < -0.4 is 5.32 Å². The fourth-order valence-corrected chi connectivity index (χ4v) is 1.73. The molecular formula is C16H26N2O. The summed E-state index contributed by atoms with van der Waals surface area (Å²) in [6, 6.07) is 10.1. The van der Waals surface area contributed by atoms with Crippen LogP contribution >= 0.6 is 0 Å². The standard InChI is InChI=1S/C16H26N2O/c1-6-16(3,4)17-15(19)13(2)18(5)12-14-10-8-7-9-11-14/h7-11,13H,6,12H2,1-5H3,(H,17,19). The predicted molar refractivity (Wildman–Crippen MR) is 79.9 cm³/mol. The molecule has 1 aromatic rings. The first kappa shape index (κ1) is 15.7. The minimum absolute atomic E-state index is 0.0882. The summed E-state index contributed by atoms with van der Waals surface area (Å²) in [5, 5.41) is 3.09. The van der Waals surface area contributed by atoms with Crippen molar-refractivity contribution in [3.8, 4) is 0 Å². The first-order chi connectivity index (χ1) is 8.85. The number of rotatable bonds is 6.